The van der Waals surface area contributed by atoms with Gasteiger partial charge in [0, 0.05) is 27.8 Å². The Morgan fingerprint density at radius 1 is 0.879 bits per heavy atom. The third kappa shape index (κ3) is 7.39. The number of carbonyl (C=O) groups is 3. The third-order valence-corrected chi connectivity index (χ3v) is 6.07. The predicted molar refractivity (Wildman–Crippen MR) is 132 cm³/mol. The molecule has 33 heavy (non-hydrogen) atoms. The number of aliphatic carboxylic acids is 1. The van der Waals surface area contributed by atoms with Gasteiger partial charge in [0.15, 0.2) is 0 Å². The number of hydrogen-bond donors (Lipinski definition) is 3. The maximum Gasteiger partial charge on any atom is 0.328 e. The molecule has 168 valence electrons. The van der Waals surface area contributed by atoms with Crippen molar-refractivity contribution in [3.8, 4) is 0 Å². The molecule has 0 aliphatic rings. The highest BCUT2D eigenvalue weighted by molar-refractivity contribution is 8.00. The summed E-state index contributed by atoms with van der Waals surface area (Å²) in [5.41, 5.74) is 1.64. The molecule has 0 radical (unpaired) electrons. The van der Waals surface area contributed by atoms with Crippen molar-refractivity contribution >= 4 is 64.1 Å². The Bertz CT molecular complexity index is 1200. The van der Waals surface area contributed by atoms with Gasteiger partial charge in [0.25, 0.3) is 0 Å². The Kier molecular flexibility index (Phi) is 8.54. The van der Waals surface area contributed by atoms with Gasteiger partial charge < -0.3 is 15.7 Å². The van der Waals surface area contributed by atoms with Crippen LogP contribution in [-0.4, -0.2) is 22.9 Å². The van der Waals surface area contributed by atoms with Crippen LogP contribution >= 0.6 is 35.0 Å². The molecule has 9 heteroatoms. The van der Waals surface area contributed by atoms with E-state index < -0.39 is 17.1 Å². The largest absolute Gasteiger partial charge is 0.478 e. The van der Waals surface area contributed by atoms with Crippen LogP contribution < -0.4 is 10.6 Å². The van der Waals surface area contributed by atoms with Crippen LogP contribution in [0.3, 0.4) is 0 Å². The lowest BCUT2D eigenvalue weighted by Gasteiger charge is -2.18. The van der Waals surface area contributed by atoms with Crippen molar-refractivity contribution < 1.29 is 19.5 Å². The second-order valence-corrected chi connectivity index (χ2v) is 8.73. The summed E-state index contributed by atoms with van der Waals surface area (Å²) in [6.07, 6.45) is 1.68. The number of hydrogen-bond acceptors (Lipinski definition) is 4. The quantitative estimate of drug-likeness (QED) is 0.258. The van der Waals surface area contributed by atoms with Gasteiger partial charge in [-0.2, -0.15) is 0 Å². The van der Waals surface area contributed by atoms with E-state index in [4.69, 9.17) is 28.3 Å². The molecule has 0 fully saturated rings. The number of benzene rings is 3. The van der Waals surface area contributed by atoms with Crippen LogP contribution in [0, 0.1) is 0 Å². The standard InChI is InChI=1S/C24H18Cl2N2O4S/c25-16-9-10-19(26)20(13-16)28-24(32)23(15-5-2-1-3-6-15)33-18-8-4-7-17(14-18)27-21(29)11-12-22(30)31/h1-14,23H,(H,27,29)(H,28,32)(H,30,31)/b12-11+. The van der Waals surface area contributed by atoms with Crippen molar-refractivity contribution in [3.05, 3.63) is 101 Å². The molecule has 1 atom stereocenters. The molecule has 0 spiro atoms. The molecule has 0 saturated heterocycles. The van der Waals surface area contributed by atoms with Crippen LogP contribution in [0.4, 0.5) is 11.4 Å². The summed E-state index contributed by atoms with van der Waals surface area (Å²) < 4.78 is 0. The van der Waals surface area contributed by atoms with Crippen molar-refractivity contribution in [2.45, 2.75) is 10.1 Å². The highest BCUT2D eigenvalue weighted by Crippen LogP contribution is 2.38. The van der Waals surface area contributed by atoms with Crippen LogP contribution in [-0.2, 0) is 14.4 Å². The summed E-state index contributed by atoms with van der Waals surface area (Å²) >= 11 is 13.5. The minimum absolute atomic E-state index is 0.297. The molecule has 3 aromatic rings. The van der Waals surface area contributed by atoms with Crippen LogP contribution in [0.2, 0.25) is 10.0 Å². The molecule has 3 N–H and O–H groups in total. The molecule has 0 aromatic heterocycles. The van der Waals surface area contributed by atoms with E-state index in [-0.39, 0.29) is 5.91 Å². The summed E-state index contributed by atoms with van der Waals surface area (Å²) in [5.74, 6) is -2.09. The number of carbonyl (C=O) groups excluding carboxylic acids is 2. The number of thioether (sulfide) groups is 1. The second-order valence-electron chi connectivity index (χ2n) is 6.71. The van der Waals surface area contributed by atoms with Gasteiger partial charge in [-0.25, -0.2) is 4.79 Å². The number of halogens is 2. The first kappa shape index (κ1) is 24.4. The summed E-state index contributed by atoms with van der Waals surface area (Å²) in [7, 11) is 0. The van der Waals surface area contributed by atoms with Crippen LogP contribution in [0.15, 0.2) is 89.8 Å². The molecule has 3 aromatic carbocycles. The number of rotatable bonds is 8. The predicted octanol–water partition coefficient (Wildman–Crippen LogP) is 6.04. The zero-order valence-corrected chi connectivity index (χ0v) is 19.3. The summed E-state index contributed by atoms with van der Waals surface area (Å²) in [6.45, 7) is 0. The molecule has 1 unspecified atom stereocenters. The van der Waals surface area contributed by atoms with Crippen LogP contribution in [0.5, 0.6) is 0 Å². The Balaban J connectivity index is 1.83. The Labute approximate surface area is 204 Å². The molecule has 6 nitrogen and oxygen atoms in total. The van der Waals surface area contributed by atoms with E-state index in [0.717, 1.165) is 22.6 Å². The maximum atomic E-state index is 13.2. The molecule has 0 heterocycles. The van der Waals surface area contributed by atoms with E-state index in [2.05, 4.69) is 10.6 Å². The zero-order chi connectivity index (χ0) is 23.8. The number of carboxylic acids is 1. The minimum atomic E-state index is -1.22. The number of carboxylic acid groups (broad SMARTS) is 1. The zero-order valence-electron chi connectivity index (χ0n) is 17.0. The third-order valence-electron chi connectivity index (χ3n) is 4.26. The summed E-state index contributed by atoms with van der Waals surface area (Å²) in [5, 5.41) is 14.3. The highest BCUT2D eigenvalue weighted by atomic mass is 35.5. The molecule has 0 aliphatic carbocycles. The van der Waals surface area contributed by atoms with Gasteiger partial charge in [-0.15, -0.1) is 11.8 Å². The van der Waals surface area contributed by atoms with Crippen molar-refractivity contribution in [2.24, 2.45) is 0 Å². The Hall–Kier alpha value is -3.26. The van der Waals surface area contributed by atoms with E-state index in [0.29, 0.717) is 21.4 Å². The minimum Gasteiger partial charge on any atom is -0.478 e. The molecule has 0 bridgehead atoms. The van der Waals surface area contributed by atoms with Gasteiger partial charge in [-0.3, -0.25) is 9.59 Å². The fraction of sp³-hybridized carbons (Fsp3) is 0.0417. The fourth-order valence-electron chi connectivity index (χ4n) is 2.81. The first-order valence-corrected chi connectivity index (χ1v) is 11.2. The molecular formula is C24H18Cl2N2O4S. The monoisotopic (exact) mass is 500 g/mol. The smallest absolute Gasteiger partial charge is 0.328 e. The van der Waals surface area contributed by atoms with E-state index in [1.165, 1.54) is 11.8 Å². The summed E-state index contributed by atoms with van der Waals surface area (Å²) in [4.78, 5) is 36.4. The van der Waals surface area contributed by atoms with Gasteiger partial charge in [-0.1, -0.05) is 59.6 Å². The van der Waals surface area contributed by atoms with Crippen molar-refractivity contribution in [1.82, 2.24) is 0 Å². The molecule has 0 saturated carbocycles. The van der Waals surface area contributed by atoms with Gasteiger partial charge >= 0.3 is 5.97 Å². The fourth-order valence-corrected chi connectivity index (χ4v) is 4.23. The lowest BCUT2D eigenvalue weighted by molar-refractivity contribution is -0.131. The van der Waals surface area contributed by atoms with E-state index in [9.17, 15) is 14.4 Å². The van der Waals surface area contributed by atoms with Crippen LogP contribution in [0.25, 0.3) is 0 Å². The first-order valence-electron chi connectivity index (χ1n) is 9.61. The topological polar surface area (TPSA) is 95.5 Å². The molecular weight excluding hydrogens is 483 g/mol. The van der Waals surface area contributed by atoms with E-state index in [1.54, 1.807) is 36.4 Å². The second kappa shape index (κ2) is 11.6. The first-order chi connectivity index (χ1) is 15.8. The van der Waals surface area contributed by atoms with Crippen molar-refractivity contribution in [3.63, 3.8) is 0 Å². The van der Waals surface area contributed by atoms with Gasteiger partial charge in [0.2, 0.25) is 11.8 Å². The lowest BCUT2D eigenvalue weighted by Crippen LogP contribution is -2.19. The maximum absolute atomic E-state index is 13.2. The Morgan fingerprint density at radius 3 is 2.36 bits per heavy atom. The molecule has 0 aliphatic heterocycles. The number of nitrogens with one attached hydrogen (secondary N) is 2. The number of anilines is 2. The van der Waals surface area contributed by atoms with E-state index in [1.807, 2.05) is 36.4 Å². The van der Waals surface area contributed by atoms with Gasteiger partial charge in [0.1, 0.15) is 5.25 Å². The average Bonchev–Trinajstić information content (AvgIpc) is 2.79. The normalized spacial score (nSPS) is 11.7. The highest BCUT2D eigenvalue weighted by Gasteiger charge is 2.23. The van der Waals surface area contributed by atoms with Gasteiger partial charge in [0.05, 0.1) is 10.7 Å². The Morgan fingerprint density at radius 2 is 1.64 bits per heavy atom. The SMILES string of the molecule is O=C(O)/C=C/C(=O)Nc1cccc(SC(C(=O)Nc2cc(Cl)ccc2Cl)c2ccccc2)c1. The van der Waals surface area contributed by atoms with Crippen molar-refractivity contribution in [2.75, 3.05) is 10.6 Å². The molecule has 2 amide bonds. The average molecular weight is 501 g/mol. The van der Waals surface area contributed by atoms with E-state index >= 15 is 0 Å². The van der Waals surface area contributed by atoms with Crippen LogP contribution in [0.1, 0.15) is 10.8 Å². The summed E-state index contributed by atoms with van der Waals surface area (Å²) in [6, 6.07) is 21.0. The lowest BCUT2D eigenvalue weighted by atomic mass is 10.1. The van der Waals surface area contributed by atoms with Crippen molar-refractivity contribution in [1.29, 1.82) is 0 Å². The van der Waals surface area contributed by atoms with Gasteiger partial charge in [-0.05, 0) is 42.0 Å². The number of amides is 2. The molecule has 3 rings (SSSR count).